The van der Waals surface area contributed by atoms with Crippen molar-refractivity contribution in [3.8, 4) is 0 Å². The van der Waals surface area contributed by atoms with Crippen molar-refractivity contribution in [2.75, 3.05) is 13.1 Å². The fourth-order valence-electron chi connectivity index (χ4n) is 2.37. The minimum Gasteiger partial charge on any atom is -0.316 e. The van der Waals surface area contributed by atoms with Gasteiger partial charge in [0.1, 0.15) is 10.0 Å². The summed E-state index contributed by atoms with van der Waals surface area (Å²) in [5, 5.41) is 13.9. The third-order valence-corrected chi connectivity index (χ3v) is 4.00. The molecule has 3 nitrogen and oxygen atoms in total. The molecule has 1 N–H and O–H groups in total. The topological polar surface area (TPSA) is 37.8 Å². The molecule has 0 amide bonds. The van der Waals surface area contributed by atoms with E-state index in [9.17, 15) is 0 Å². The number of hydrogen-bond donors (Lipinski definition) is 1. The second-order valence-electron chi connectivity index (χ2n) is 4.10. The molecule has 0 radical (unpaired) electrons. The molecule has 2 atom stereocenters. The zero-order valence-corrected chi connectivity index (χ0v) is 8.97. The molecule has 2 unspecified atom stereocenters. The molecule has 1 aromatic rings. The molecule has 0 bridgehead atoms. The van der Waals surface area contributed by atoms with Crippen LogP contribution in [0.25, 0.3) is 5.57 Å². The summed E-state index contributed by atoms with van der Waals surface area (Å²) >= 11 is 1.71. The molecule has 1 fully saturated rings. The maximum absolute atomic E-state index is 4.20. The van der Waals surface area contributed by atoms with Crippen LogP contribution in [0.1, 0.15) is 16.4 Å². The summed E-state index contributed by atoms with van der Waals surface area (Å²) in [6.07, 6.45) is 3.58. The van der Waals surface area contributed by atoms with Gasteiger partial charge in [0.2, 0.25) is 0 Å². The van der Waals surface area contributed by atoms with Crippen LogP contribution >= 0.6 is 11.3 Å². The molecular weight excluding hydrogens is 194 g/mol. The van der Waals surface area contributed by atoms with Gasteiger partial charge in [0.15, 0.2) is 0 Å². The highest BCUT2D eigenvalue weighted by molar-refractivity contribution is 7.12. The van der Waals surface area contributed by atoms with Gasteiger partial charge in [-0.1, -0.05) is 17.4 Å². The highest BCUT2D eigenvalue weighted by Gasteiger charge is 2.32. The Morgan fingerprint density at radius 1 is 1.43 bits per heavy atom. The van der Waals surface area contributed by atoms with Gasteiger partial charge >= 0.3 is 0 Å². The second kappa shape index (κ2) is 3.14. The van der Waals surface area contributed by atoms with Crippen molar-refractivity contribution in [1.82, 2.24) is 15.5 Å². The number of hydrogen-bond acceptors (Lipinski definition) is 4. The quantitative estimate of drug-likeness (QED) is 0.757. The van der Waals surface area contributed by atoms with Gasteiger partial charge in [0.25, 0.3) is 0 Å². The van der Waals surface area contributed by atoms with Crippen molar-refractivity contribution in [2.45, 2.75) is 13.3 Å². The van der Waals surface area contributed by atoms with Crippen LogP contribution in [0.3, 0.4) is 0 Å². The Morgan fingerprint density at radius 2 is 2.36 bits per heavy atom. The summed E-state index contributed by atoms with van der Waals surface area (Å²) < 4.78 is 0. The number of aryl methyl sites for hydroxylation is 1. The highest BCUT2D eigenvalue weighted by Crippen LogP contribution is 2.38. The van der Waals surface area contributed by atoms with Crippen molar-refractivity contribution >= 4 is 16.9 Å². The lowest BCUT2D eigenvalue weighted by atomic mass is 10.00. The monoisotopic (exact) mass is 207 g/mol. The summed E-state index contributed by atoms with van der Waals surface area (Å²) in [6, 6.07) is 0. The number of fused-ring (bicyclic) bond motifs is 1. The van der Waals surface area contributed by atoms with E-state index in [4.69, 9.17) is 0 Å². The molecule has 0 spiro atoms. The predicted octanol–water partition coefficient (Wildman–Crippen LogP) is 1.47. The van der Waals surface area contributed by atoms with Crippen molar-refractivity contribution in [2.24, 2.45) is 11.8 Å². The van der Waals surface area contributed by atoms with Crippen LogP contribution < -0.4 is 5.32 Å². The number of nitrogens with zero attached hydrogens (tertiary/aromatic N) is 2. The summed E-state index contributed by atoms with van der Waals surface area (Å²) in [5.74, 6) is 1.56. The molecule has 0 aromatic carbocycles. The lowest BCUT2D eigenvalue weighted by molar-refractivity contribution is 0.536. The molecule has 1 aliphatic heterocycles. The normalized spacial score (nSPS) is 30.5. The fourth-order valence-corrected chi connectivity index (χ4v) is 3.09. The zero-order chi connectivity index (χ0) is 9.54. The highest BCUT2D eigenvalue weighted by atomic mass is 32.1. The largest absolute Gasteiger partial charge is 0.316 e. The predicted molar refractivity (Wildman–Crippen MR) is 57.1 cm³/mol. The molecule has 1 aliphatic carbocycles. The summed E-state index contributed by atoms with van der Waals surface area (Å²) in [4.78, 5) is 0. The van der Waals surface area contributed by atoms with Gasteiger partial charge in [-0.15, -0.1) is 10.2 Å². The first-order valence-corrected chi connectivity index (χ1v) is 5.86. The van der Waals surface area contributed by atoms with Crippen LogP contribution in [0.5, 0.6) is 0 Å². The van der Waals surface area contributed by atoms with Gasteiger partial charge < -0.3 is 5.32 Å². The molecule has 2 aliphatic rings. The van der Waals surface area contributed by atoms with Crippen molar-refractivity contribution in [3.63, 3.8) is 0 Å². The first kappa shape index (κ1) is 8.56. The number of rotatable bonds is 1. The Labute approximate surface area is 87.2 Å². The van der Waals surface area contributed by atoms with Gasteiger partial charge in [-0.25, -0.2) is 0 Å². The first-order chi connectivity index (χ1) is 6.83. The average Bonchev–Trinajstić information content (AvgIpc) is 2.75. The van der Waals surface area contributed by atoms with Crippen LogP contribution in [0.2, 0.25) is 0 Å². The van der Waals surface area contributed by atoms with Gasteiger partial charge in [-0.05, 0) is 37.3 Å². The maximum atomic E-state index is 4.20. The van der Waals surface area contributed by atoms with Gasteiger partial charge in [0.05, 0.1) is 0 Å². The average molecular weight is 207 g/mol. The first-order valence-electron chi connectivity index (χ1n) is 5.05. The van der Waals surface area contributed by atoms with Crippen LogP contribution in [-0.4, -0.2) is 23.3 Å². The fraction of sp³-hybridized carbons (Fsp3) is 0.600. The van der Waals surface area contributed by atoms with Gasteiger partial charge in [-0.2, -0.15) is 0 Å². The number of allylic oxidation sites excluding steroid dienone is 1. The molecule has 3 rings (SSSR count). The molecule has 1 aromatic heterocycles. The Balaban J connectivity index is 1.87. The van der Waals surface area contributed by atoms with Crippen LogP contribution in [-0.2, 0) is 0 Å². The second-order valence-corrected chi connectivity index (χ2v) is 5.29. The van der Waals surface area contributed by atoms with E-state index in [-0.39, 0.29) is 0 Å². The lowest BCUT2D eigenvalue weighted by Gasteiger charge is -2.04. The third-order valence-electron chi connectivity index (χ3n) is 3.09. The summed E-state index contributed by atoms with van der Waals surface area (Å²) in [6.45, 7) is 4.33. The standard InChI is InChI=1S/C10H13N3S/c1-6-12-13-10(14-6)7-2-8-4-11-5-9(8)3-7/h2,8-9,11H,3-5H2,1H3. The minimum absolute atomic E-state index is 0.745. The van der Waals surface area contributed by atoms with E-state index in [0.29, 0.717) is 0 Å². The third kappa shape index (κ3) is 1.29. The van der Waals surface area contributed by atoms with E-state index < -0.39 is 0 Å². The minimum atomic E-state index is 0.745. The van der Waals surface area contributed by atoms with E-state index in [1.807, 2.05) is 6.92 Å². The van der Waals surface area contributed by atoms with Crippen LogP contribution in [0.4, 0.5) is 0 Å². The number of aromatic nitrogens is 2. The van der Waals surface area contributed by atoms with Crippen molar-refractivity contribution in [1.29, 1.82) is 0 Å². The molecule has 2 heterocycles. The number of nitrogens with one attached hydrogen (secondary N) is 1. The van der Waals surface area contributed by atoms with E-state index in [1.54, 1.807) is 11.3 Å². The Hall–Kier alpha value is -0.740. The van der Waals surface area contributed by atoms with Crippen molar-refractivity contribution < 1.29 is 0 Å². The maximum Gasteiger partial charge on any atom is 0.143 e. The van der Waals surface area contributed by atoms with Gasteiger partial charge in [0, 0.05) is 6.54 Å². The Kier molecular flexibility index (Phi) is 1.92. The van der Waals surface area contributed by atoms with E-state index in [2.05, 4.69) is 21.6 Å². The van der Waals surface area contributed by atoms with E-state index in [1.165, 1.54) is 18.5 Å². The van der Waals surface area contributed by atoms with Gasteiger partial charge in [-0.3, -0.25) is 0 Å². The molecule has 1 saturated heterocycles. The Bertz CT molecular complexity index is 382. The smallest absolute Gasteiger partial charge is 0.143 e. The molecular formula is C10H13N3S. The molecule has 0 saturated carbocycles. The van der Waals surface area contributed by atoms with E-state index >= 15 is 0 Å². The SMILES string of the molecule is Cc1nnc(C2=CC3CNCC3C2)s1. The lowest BCUT2D eigenvalue weighted by Crippen LogP contribution is -2.09. The Morgan fingerprint density at radius 3 is 3.07 bits per heavy atom. The van der Waals surface area contributed by atoms with Crippen LogP contribution in [0.15, 0.2) is 6.08 Å². The molecule has 74 valence electrons. The van der Waals surface area contributed by atoms with Crippen molar-refractivity contribution in [3.05, 3.63) is 16.1 Å². The van der Waals surface area contributed by atoms with Crippen LogP contribution in [0, 0.1) is 18.8 Å². The molecule has 14 heavy (non-hydrogen) atoms. The summed E-state index contributed by atoms with van der Waals surface area (Å²) in [5.41, 5.74) is 1.42. The molecule has 4 heteroatoms. The zero-order valence-electron chi connectivity index (χ0n) is 8.16. The summed E-state index contributed by atoms with van der Waals surface area (Å²) in [7, 11) is 0. The van der Waals surface area contributed by atoms with E-state index in [0.717, 1.165) is 28.4 Å².